The number of rotatable bonds is 13. The minimum atomic E-state index is -1.17. The van der Waals surface area contributed by atoms with E-state index < -0.39 is 14.0 Å². The fourth-order valence-corrected chi connectivity index (χ4v) is 5.35. The molecule has 0 bridgehead atoms. The number of nitrogens with two attached hydrogens (primary N) is 1. The van der Waals surface area contributed by atoms with Crippen LogP contribution in [-0.4, -0.2) is 50.8 Å². The lowest BCUT2D eigenvalue weighted by Crippen LogP contribution is -2.22. The van der Waals surface area contributed by atoms with Crippen molar-refractivity contribution in [1.29, 1.82) is 0 Å². The molecular weight excluding hydrogens is 570 g/mol. The largest absolute Gasteiger partial charge is 0.366 e. The number of imidazole rings is 1. The third-order valence-electron chi connectivity index (χ3n) is 7.01. The molecule has 11 heteroatoms. The first-order valence-corrected chi connectivity index (χ1v) is 18.3. The maximum Gasteiger partial charge on any atom is 0.251 e. The van der Waals surface area contributed by atoms with E-state index in [1.807, 2.05) is 77.6 Å². The predicted molar refractivity (Wildman–Crippen MR) is 174 cm³/mol. The highest BCUT2D eigenvalue weighted by atomic mass is 28.3. The number of hydrogen-bond donors (Lipinski definition) is 2. The van der Waals surface area contributed by atoms with Crippen LogP contribution in [0.2, 0.25) is 25.7 Å². The van der Waals surface area contributed by atoms with Gasteiger partial charge in [-0.15, -0.1) is 0 Å². The topological polar surface area (TPSA) is 130 Å². The van der Waals surface area contributed by atoms with E-state index in [1.165, 1.54) is 0 Å². The van der Waals surface area contributed by atoms with E-state index in [9.17, 15) is 9.59 Å². The van der Waals surface area contributed by atoms with Gasteiger partial charge in [-0.2, -0.15) is 5.10 Å². The van der Waals surface area contributed by atoms with Gasteiger partial charge in [0.25, 0.3) is 5.91 Å². The number of anilines is 1. The molecule has 0 aliphatic carbocycles. The Hall–Kier alpha value is -4.87. The highest BCUT2D eigenvalue weighted by molar-refractivity contribution is 6.76. The Kier molecular flexibility index (Phi) is 9.46. The molecule has 0 aliphatic rings. The molecule has 3 N–H and O–H groups in total. The van der Waals surface area contributed by atoms with E-state index in [0.717, 1.165) is 23.0 Å². The van der Waals surface area contributed by atoms with Crippen molar-refractivity contribution in [2.24, 2.45) is 5.73 Å². The van der Waals surface area contributed by atoms with Crippen molar-refractivity contribution in [3.8, 4) is 28.3 Å². The highest BCUT2D eigenvalue weighted by Crippen LogP contribution is 2.29. The van der Waals surface area contributed by atoms with Gasteiger partial charge in [0.2, 0.25) is 5.91 Å². The third-order valence-corrected chi connectivity index (χ3v) is 8.71. The van der Waals surface area contributed by atoms with Gasteiger partial charge in [0, 0.05) is 62.2 Å². The Morgan fingerprint density at radius 2 is 1.68 bits per heavy atom. The SMILES string of the molecule is C[Si](C)(C)CCOCn1cc(-c2cnc(-c3nc(CCC(=O)Nc4ccccc4)cn3-c3ccccc3)c(C(N)=O)c2)cn1. The Morgan fingerprint density at radius 1 is 0.955 bits per heavy atom. The van der Waals surface area contributed by atoms with Gasteiger partial charge in [0.05, 0.1) is 17.5 Å². The van der Waals surface area contributed by atoms with Gasteiger partial charge < -0.3 is 15.8 Å². The molecule has 2 amide bonds. The summed E-state index contributed by atoms with van der Waals surface area (Å²) in [5, 5.41) is 7.31. The molecule has 0 unspecified atom stereocenters. The lowest BCUT2D eigenvalue weighted by Gasteiger charge is -2.15. The van der Waals surface area contributed by atoms with Gasteiger partial charge in [-0.25, -0.2) is 9.67 Å². The predicted octanol–water partition coefficient (Wildman–Crippen LogP) is 5.78. The summed E-state index contributed by atoms with van der Waals surface area (Å²) in [6.45, 7) is 7.98. The molecule has 44 heavy (non-hydrogen) atoms. The van der Waals surface area contributed by atoms with Crippen molar-refractivity contribution in [1.82, 2.24) is 24.3 Å². The lowest BCUT2D eigenvalue weighted by molar-refractivity contribution is -0.116. The summed E-state index contributed by atoms with van der Waals surface area (Å²) in [4.78, 5) is 34.9. The summed E-state index contributed by atoms with van der Waals surface area (Å²) >= 11 is 0. The van der Waals surface area contributed by atoms with Gasteiger partial charge in [-0.05, 0) is 42.8 Å². The fourth-order valence-electron chi connectivity index (χ4n) is 4.60. The van der Waals surface area contributed by atoms with E-state index >= 15 is 0 Å². The van der Waals surface area contributed by atoms with Crippen LogP contribution >= 0.6 is 0 Å². The van der Waals surface area contributed by atoms with Gasteiger partial charge >= 0.3 is 0 Å². The number of nitrogens with zero attached hydrogens (tertiary/aromatic N) is 5. The minimum Gasteiger partial charge on any atom is -0.366 e. The average Bonchev–Trinajstić information content (AvgIpc) is 3.66. The molecule has 226 valence electrons. The monoisotopic (exact) mass is 607 g/mol. The van der Waals surface area contributed by atoms with Crippen LogP contribution in [0, 0.1) is 0 Å². The number of primary amides is 1. The maximum absolute atomic E-state index is 12.7. The summed E-state index contributed by atoms with van der Waals surface area (Å²) in [6, 6.07) is 21.8. The average molecular weight is 608 g/mol. The molecule has 0 saturated carbocycles. The molecule has 3 heterocycles. The standard InChI is InChI=1S/C33H37N7O3Si/c1-44(2,3)17-16-43-23-39-21-25(20-36-39)24-18-29(32(34)42)31(35-19-24)33-38-27(22-40(33)28-12-8-5-9-13-28)14-15-30(41)37-26-10-6-4-7-11-26/h4-13,18-22H,14-17,23H2,1-3H3,(H2,34,42)(H,37,41). The number of carbonyl (C=O) groups excluding carboxylic acids is 2. The van der Waals surface area contributed by atoms with Crippen LogP contribution < -0.4 is 11.1 Å². The number of pyridine rings is 1. The number of nitrogens with one attached hydrogen (secondary N) is 1. The van der Waals surface area contributed by atoms with Crippen LogP contribution in [0.1, 0.15) is 22.5 Å². The van der Waals surface area contributed by atoms with Crippen molar-refractivity contribution >= 4 is 25.6 Å². The van der Waals surface area contributed by atoms with Crippen LogP contribution in [0.25, 0.3) is 28.3 Å². The van der Waals surface area contributed by atoms with Gasteiger partial charge in [0.15, 0.2) is 5.82 Å². The van der Waals surface area contributed by atoms with Crippen LogP contribution in [0.4, 0.5) is 5.69 Å². The highest BCUT2D eigenvalue weighted by Gasteiger charge is 2.21. The number of para-hydroxylation sites is 2. The maximum atomic E-state index is 12.7. The van der Waals surface area contributed by atoms with Crippen molar-refractivity contribution in [2.75, 3.05) is 11.9 Å². The zero-order chi connectivity index (χ0) is 31.1. The van der Waals surface area contributed by atoms with E-state index in [1.54, 1.807) is 23.1 Å². The minimum absolute atomic E-state index is 0.116. The zero-order valence-corrected chi connectivity index (χ0v) is 26.2. The van der Waals surface area contributed by atoms with E-state index in [-0.39, 0.29) is 17.9 Å². The number of hydrogen-bond acceptors (Lipinski definition) is 6. The first-order chi connectivity index (χ1) is 21.2. The summed E-state index contributed by atoms with van der Waals surface area (Å²) in [7, 11) is -1.17. The molecule has 5 aromatic rings. The Labute approximate surface area is 257 Å². The van der Waals surface area contributed by atoms with Crippen LogP contribution in [0.5, 0.6) is 0 Å². The van der Waals surface area contributed by atoms with Gasteiger partial charge in [0.1, 0.15) is 12.4 Å². The number of aryl methyl sites for hydroxylation is 1. The Morgan fingerprint density at radius 3 is 2.39 bits per heavy atom. The van der Waals surface area contributed by atoms with E-state index in [0.29, 0.717) is 42.5 Å². The lowest BCUT2D eigenvalue weighted by atomic mass is 10.1. The summed E-state index contributed by atoms with van der Waals surface area (Å²) in [5.74, 6) is -0.279. The Bertz CT molecular complexity index is 1730. The second kappa shape index (κ2) is 13.6. The normalized spacial score (nSPS) is 11.4. The zero-order valence-electron chi connectivity index (χ0n) is 25.2. The molecule has 3 aromatic heterocycles. The number of amides is 2. The molecule has 0 radical (unpaired) electrons. The third kappa shape index (κ3) is 7.94. The molecule has 2 aromatic carbocycles. The van der Waals surface area contributed by atoms with E-state index in [4.69, 9.17) is 15.5 Å². The van der Waals surface area contributed by atoms with E-state index in [2.05, 4.69) is 35.0 Å². The summed E-state index contributed by atoms with van der Waals surface area (Å²) < 4.78 is 9.41. The van der Waals surface area contributed by atoms with Crippen molar-refractivity contribution in [3.05, 3.63) is 103 Å². The molecule has 0 fully saturated rings. The van der Waals surface area contributed by atoms with Crippen LogP contribution in [-0.2, 0) is 22.7 Å². The molecule has 0 spiro atoms. The second-order valence-electron chi connectivity index (χ2n) is 11.8. The first kappa shape index (κ1) is 30.6. The number of carbonyl (C=O) groups is 2. The molecular formula is C33H37N7O3Si. The quantitative estimate of drug-likeness (QED) is 0.129. The number of benzene rings is 2. The molecule has 10 nitrogen and oxygen atoms in total. The number of ether oxygens (including phenoxy) is 1. The second-order valence-corrected chi connectivity index (χ2v) is 17.4. The fraction of sp³-hybridized carbons (Fsp3) is 0.242. The van der Waals surface area contributed by atoms with Crippen molar-refractivity contribution in [3.63, 3.8) is 0 Å². The first-order valence-electron chi connectivity index (χ1n) is 14.6. The van der Waals surface area contributed by atoms with Crippen molar-refractivity contribution < 1.29 is 14.3 Å². The number of aromatic nitrogens is 5. The molecule has 5 rings (SSSR count). The Balaban J connectivity index is 1.39. The van der Waals surface area contributed by atoms with Crippen molar-refractivity contribution in [2.45, 2.75) is 45.3 Å². The molecule has 0 aliphatic heterocycles. The van der Waals surface area contributed by atoms with Gasteiger partial charge in [-0.1, -0.05) is 56.0 Å². The summed E-state index contributed by atoms with van der Waals surface area (Å²) in [6.07, 6.45) is 7.77. The molecule has 0 saturated heterocycles. The molecule has 0 atom stereocenters. The van der Waals surface area contributed by atoms with Gasteiger partial charge in [-0.3, -0.25) is 19.1 Å². The smallest absolute Gasteiger partial charge is 0.251 e. The van der Waals surface area contributed by atoms with Crippen LogP contribution in [0.3, 0.4) is 0 Å². The van der Waals surface area contributed by atoms with Crippen LogP contribution in [0.15, 0.2) is 91.5 Å². The summed E-state index contributed by atoms with van der Waals surface area (Å²) in [5.41, 5.74) is 10.2.